The van der Waals surface area contributed by atoms with E-state index >= 15 is 0 Å². The van der Waals surface area contributed by atoms with E-state index in [1.807, 2.05) is 4.90 Å². The first-order valence-corrected chi connectivity index (χ1v) is 7.24. The van der Waals surface area contributed by atoms with E-state index in [9.17, 15) is 4.79 Å². The van der Waals surface area contributed by atoms with Gasteiger partial charge in [-0.05, 0) is 29.5 Å². The van der Waals surface area contributed by atoms with Gasteiger partial charge in [0.15, 0.2) is 0 Å². The fourth-order valence-corrected chi connectivity index (χ4v) is 2.52. The highest BCUT2D eigenvalue weighted by Gasteiger charge is 2.22. The fraction of sp³-hybridized carbons (Fsp3) is 0.429. The number of nitrogens with two attached hydrogens (primary N) is 1. The number of hydrogen-bond donors (Lipinski definition) is 1. The Morgan fingerprint density at radius 1 is 1.18 bits per heavy atom. The molecule has 0 atom stereocenters. The third-order valence-corrected chi connectivity index (χ3v) is 3.88. The third kappa shape index (κ3) is 3.00. The van der Waals surface area contributed by atoms with Gasteiger partial charge in [0.05, 0.1) is 0 Å². The molecule has 2 N–H and O–H groups in total. The predicted octanol–water partition coefficient (Wildman–Crippen LogP) is -0.0875. The van der Waals surface area contributed by atoms with Crippen LogP contribution in [0.25, 0.3) is 0 Å². The van der Waals surface area contributed by atoms with Crippen LogP contribution in [0.15, 0.2) is 24.3 Å². The van der Waals surface area contributed by atoms with E-state index in [1.165, 1.54) is 15.9 Å². The molecular weight excluding hydrogens is 282 g/mol. The normalized spacial score (nSPS) is 15.1. The molecule has 22 heavy (non-hydrogen) atoms. The topological polar surface area (TPSA) is 93.2 Å². The van der Waals surface area contributed by atoms with E-state index in [0.717, 1.165) is 13.1 Å². The van der Waals surface area contributed by atoms with E-state index in [1.54, 1.807) is 0 Å². The highest BCUT2D eigenvalue weighted by molar-refractivity contribution is 5.76. The first-order chi connectivity index (χ1) is 10.6. The van der Waals surface area contributed by atoms with Crippen molar-refractivity contribution in [2.75, 3.05) is 36.8 Å². The number of benzene rings is 1. The van der Waals surface area contributed by atoms with Crippen molar-refractivity contribution in [2.24, 2.45) is 0 Å². The second-order valence-corrected chi connectivity index (χ2v) is 5.40. The number of piperazine rings is 1. The van der Waals surface area contributed by atoms with Gasteiger partial charge in [-0.25, -0.2) is 4.68 Å². The van der Waals surface area contributed by atoms with Crippen LogP contribution in [0, 0.1) is 6.92 Å². The number of carbonyl (C=O) groups excluding carboxylic acids is 1. The summed E-state index contributed by atoms with van der Waals surface area (Å²) in [5.74, 6) is 0.147. The number of carbonyl (C=O) groups is 1. The number of aromatic nitrogens is 4. The van der Waals surface area contributed by atoms with Gasteiger partial charge in [0.25, 0.3) is 0 Å². The van der Waals surface area contributed by atoms with E-state index in [2.05, 4.69) is 51.6 Å². The summed E-state index contributed by atoms with van der Waals surface area (Å²) in [4.78, 5) is 16.4. The van der Waals surface area contributed by atoms with Gasteiger partial charge in [-0.1, -0.05) is 22.8 Å². The van der Waals surface area contributed by atoms with Crippen molar-refractivity contribution < 1.29 is 4.79 Å². The van der Waals surface area contributed by atoms with Crippen LogP contribution in [-0.2, 0) is 11.3 Å². The molecule has 8 nitrogen and oxygen atoms in total. The van der Waals surface area contributed by atoms with Crippen LogP contribution < -0.4 is 10.6 Å². The van der Waals surface area contributed by atoms with Crippen molar-refractivity contribution in [3.63, 3.8) is 0 Å². The van der Waals surface area contributed by atoms with Crippen LogP contribution in [0.2, 0.25) is 0 Å². The maximum Gasteiger partial charge on any atom is 0.244 e. The van der Waals surface area contributed by atoms with Crippen LogP contribution >= 0.6 is 0 Å². The molecule has 0 saturated carbocycles. The SMILES string of the molecule is Cc1ccc(N2CCN(C(=O)Cn3nnnc3N)CC2)cc1. The van der Waals surface area contributed by atoms with Gasteiger partial charge in [-0.3, -0.25) is 4.79 Å². The Balaban J connectivity index is 1.56. The second-order valence-electron chi connectivity index (χ2n) is 5.40. The van der Waals surface area contributed by atoms with Gasteiger partial charge in [0.1, 0.15) is 6.54 Å². The number of anilines is 2. The predicted molar refractivity (Wildman–Crippen MR) is 82.2 cm³/mol. The van der Waals surface area contributed by atoms with Gasteiger partial charge in [-0.15, -0.1) is 0 Å². The van der Waals surface area contributed by atoms with Gasteiger partial charge >= 0.3 is 0 Å². The minimum atomic E-state index is -0.0115. The molecule has 0 aliphatic carbocycles. The molecular formula is C14H19N7O. The number of aryl methyl sites for hydroxylation is 1. The van der Waals surface area contributed by atoms with Crippen LogP contribution in [0.4, 0.5) is 11.6 Å². The van der Waals surface area contributed by atoms with Crippen molar-refractivity contribution in [1.29, 1.82) is 0 Å². The zero-order chi connectivity index (χ0) is 15.5. The number of nitrogen functional groups attached to an aromatic ring is 1. The van der Waals surface area contributed by atoms with E-state index in [-0.39, 0.29) is 18.4 Å². The zero-order valence-corrected chi connectivity index (χ0v) is 12.5. The molecule has 1 saturated heterocycles. The summed E-state index contributed by atoms with van der Waals surface area (Å²) >= 11 is 0. The molecule has 0 spiro atoms. The molecule has 8 heteroatoms. The minimum absolute atomic E-state index is 0.0115. The van der Waals surface area contributed by atoms with E-state index in [0.29, 0.717) is 13.1 Å². The Morgan fingerprint density at radius 2 is 1.86 bits per heavy atom. The third-order valence-electron chi connectivity index (χ3n) is 3.88. The van der Waals surface area contributed by atoms with Crippen LogP contribution in [-0.4, -0.2) is 57.2 Å². The average Bonchev–Trinajstić information content (AvgIpc) is 2.93. The van der Waals surface area contributed by atoms with E-state index < -0.39 is 0 Å². The molecule has 1 aromatic carbocycles. The number of hydrogen-bond acceptors (Lipinski definition) is 6. The molecule has 1 aromatic heterocycles. The lowest BCUT2D eigenvalue weighted by Crippen LogP contribution is -2.49. The van der Waals surface area contributed by atoms with Crippen LogP contribution in [0.5, 0.6) is 0 Å². The highest BCUT2D eigenvalue weighted by Crippen LogP contribution is 2.17. The lowest BCUT2D eigenvalue weighted by atomic mass is 10.2. The molecule has 116 valence electrons. The van der Waals surface area contributed by atoms with Crippen molar-refractivity contribution in [3.8, 4) is 0 Å². The van der Waals surface area contributed by atoms with Crippen molar-refractivity contribution in [1.82, 2.24) is 25.1 Å². The molecule has 1 aliphatic rings. The van der Waals surface area contributed by atoms with Crippen LogP contribution in [0.1, 0.15) is 5.56 Å². The minimum Gasteiger partial charge on any atom is -0.368 e. The number of tetrazole rings is 1. The van der Waals surface area contributed by atoms with Gasteiger partial charge < -0.3 is 15.5 Å². The fourth-order valence-electron chi connectivity index (χ4n) is 2.52. The van der Waals surface area contributed by atoms with Crippen molar-refractivity contribution in [3.05, 3.63) is 29.8 Å². The number of nitrogens with zero attached hydrogens (tertiary/aromatic N) is 6. The lowest BCUT2D eigenvalue weighted by Gasteiger charge is -2.36. The largest absolute Gasteiger partial charge is 0.368 e. The Labute approximate surface area is 128 Å². The molecule has 1 amide bonds. The maximum absolute atomic E-state index is 12.2. The summed E-state index contributed by atoms with van der Waals surface area (Å²) in [5, 5.41) is 10.7. The molecule has 0 radical (unpaired) electrons. The average molecular weight is 301 g/mol. The molecule has 0 unspecified atom stereocenters. The summed E-state index contributed by atoms with van der Waals surface area (Å²) in [6, 6.07) is 8.45. The first kappa shape index (κ1) is 14.3. The van der Waals surface area contributed by atoms with E-state index in [4.69, 9.17) is 5.73 Å². The lowest BCUT2D eigenvalue weighted by molar-refractivity contribution is -0.132. The number of amides is 1. The van der Waals surface area contributed by atoms with Crippen molar-refractivity contribution >= 4 is 17.5 Å². The summed E-state index contributed by atoms with van der Waals surface area (Å²) in [5.41, 5.74) is 8.02. The van der Waals surface area contributed by atoms with Crippen LogP contribution in [0.3, 0.4) is 0 Å². The smallest absolute Gasteiger partial charge is 0.244 e. The molecule has 0 bridgehead atoms. The van der Waals surface area contributed by atoms with Gasteiger partial charge in [-0.2, -0.15) is 0 Å². The maximum atomic E-state index is 12.2. The quantitative estimate of drug-likeness (QED) is 0.852. The molecule has 1 aliphatic heterocycles. The zero-order valence-electron chi connectivity index (χ0n) is 12.5. The van der Waals surface area contributed by atoms with Gasteiger partial charge in [0.2, 0.25) is 11.9 Å². The summed E-state index contributed by atoms with van der Waals surface area (Å²) in [6.45, 7) is 5.18. The summed E-state index contributed by atoms with van der Waals surface area (Å²) < 4.78 is 1.31. The molecule has 3 rings (SSSR count). The molecule has 2 heterocycles. The first-order valence-electron chi connectivity index (χ1n) is 7.24. The molecule has 1 fully saturated rings. The Bertz CT molecular complexity index is 643. The summed E-state index contributed by atoms with van der Waals surface area (Å²) in [6.07, 6.45) is 0. The Morgan fingerprint density at radius 3 is 2.45 bits per heavy atom. The number of rotatable bonds is 3. The monoisotopic (exact) mass is 301 g/mol. The summed E-state index contributed by atoms with van der Waals surface area (Å²) in [7, 11) is 0. The molecule has 2 aromatic rings. The highest BCUT2D eigenvalue weighted by atomic mass is 16.2. The standard InChI is InChI=1S/C14H19N7O/c1-11-2-4-12(5-3-11)19-6-8-20(9-7-19)13(22)10-21-14(15)16-17-18-21/h2-5H,6-10H2,1H3,(H2,15,16,18). The van der Waals surface area contributed by atoms with Crippen molar-refractivity contribution in [2.45, 2.75) is 13.5 Å². The van der Waals surface area contributed by atoms with Gasteiger partial charge in [0, 0.05) is 31.9 Å². The second kappa shape index (κ2) is 6.00. The Hall–Kier alpha value is -2.64. The Kier molecular flexibility index (Phi) is 3.90.